The van der Waals surface area contributed by atoms with E-state index >= 15 is 0 Å². The van der Waals surface area contributed by atoms with Crippen LogP contribution in [-0.2, 0) is 32.6 Å². The normalized spacial score (nSPS) is 12.2. The van der Waals surface area contributed by atoms with E-state index in [9.17, 15) is 18.0 Å². The number of sulfonamides is 1. The van der Waals surface area contributed by atoms with Crippen LogP contribution in [0.1, 0.15) is 36.1 Å². The summed E-state index contributed by atoms with van der Waals surface area (Å²) in [5.41, 5.74) is 3.99. The molecule has 0 saturated carbocycles. The smallest absolute Gasteiger partial charge is 0.244 e. The summed E-state index contributed by atoms with van der Waals surface area (Å²) in [6.45, 7) is 7.26. The van der Waals surface area contributed by atoms with Gasteiger partial charge in [0.15, 0.2) is 0 Å². The number of nitrogens with zero attached hydrogens (tertiary/aromatic N) is 2. The molecule has 0 radical (unpaired) electrons. The molecule has 0 fully saturated rings. The van der Waals surface area contributed by atoms with Crippen LogP contribution < -0.4 is 9.62 Å². The van der Waals surface area contributed by atoms with Crippen molar-refractivity contribution in [3.05, 3.63) is 99.5 Å². The molecule has 3 aromatic rings. The SMILES string of the molecule is Cc1cccc(CN(C(=O)CN(c2ccc(Br)c(C)c2)S(C)(=O)=O)C(Cc2ccccc2)C(=O)NC(C)C)c1. The third-order valence-corrected chi connectivity index (χ3v) is 8.28. The number of benzene rings is 3. The van der Waals surface area contributed by atoms with Crippen molar-refractivity contribution < 1.29 is 18.0 Å². The van der Waals surface area contributed by atoms with E-state index in [2.05, 4.69) is 21.2 Å². The van der Waals surface area contributed by atoms with Gasteiger partial charge in [0.1, 0.15) is 12.6 Å². The highest BCUT2D eigenvalue weighted by Crippen LogP contribution is 2.25. The van der Waals surface area contributed by atoms with Crippen molar-refractivity contribution in [3.63, 3.8) is 0 Å². The van der Waals surface area contributed by atoms with Gasteiger partial charge in [0, 0.05) is 23.5 Å². The highest BCUT2D eigenvalue weighted by molar-refractivity contribution is 9.10. The monoisotopic (exact) mass is 613 g/mol. The Morgan fingerprint density at radius 3 is 2.18 bits per heavy atom. The van der Waals surface area contributed by atoms with E-state index in [0.717, 1.165) is 37.3 Å². The Bertz CT molecular complexity index is 1410. The van der Waals surface area contributed by atoms with Gasteiger partial charge in [0.25, 0.3) is 0 Å². The number of anilines is 1. The molecule has 0 aromatic heterocycles. The van der Waals surface area contributed by atoms with Crippen LogP contribution in [0.5, 0.6) is 0 Å². The molecule has 1 N–H and O–H groups in total. The lowest BCUT2D eigenvalue weighted by molar-refractivity contribution is -0.140. The summed E-state index contributed by atoms with van der Waals surface area (Å²) in [7, 11) is -3.81. The average molecular weight is 615 g/mol. The molecule has 0 saturated heterocycles. The van der Waals surface area contributed by atoms with Crippen molar-refractivity contribution in [1.29, 1.82) is 0 Å². The lowest BCUT2D eigenvalue weighted by atomic mass is 10.0. The lowest BCUT2D eigenvalue weighted by Crippen LogP contribution is -2.54. The van der Waals surface area contributed by atoms with Crippen LogP contribution in [0, 0.1) is 13.8 Å². The first-order chi connectivity index (χ1) is 18.3. The van der Waals surface area contributed by atoms with Crippen molar-refractivity contribution >= 4 is 43.5 Å². The Kier molecular flexibility index (Phi) is 10.3. The van der Waals surface area contributed by atoms with Gasteiger partial charge in [-0.2, -0.15) is 0 Å². The Balaban J connectivity index is 2.07. The molecular formula is C30H36BrN3O4S. The van der Waals surface area contributed by atoms with Crippen LogP contribution in [0.3, 0.4) is 0 Å². The molecule has 0 spiro atoms. The second-order valence-electron chi connectivity index (χ2n) is 10.1. The van der Waals surface area contributed by atoms with Crippen molar-refractivity contribution in [3.8, 4) is 0 Å². The number of rotatable bonds is 11. The predicted molar refractivity (Wildman–Crippen MR) is 160 cm³/mol. The molecule has 0 heterocycles. The molecule has 1 unspecified atom stereocenters. The second kappa shape index (κ2) is 13.3. The molecule has 0 bridgehead atoms. The zero-order valence-electron chi connectivity index (χ0n) is 23.0. The standard InChI is InChI=1S/C30H36BrN3O4S/c1-21(2)32-30(36)28(18-24-11-7-6-8-12-24)33(19-25-13-9-10-22(3)16-25)29(35)20-34(39(5,37)38)26-14-15-27(31)23(4)17-26/h6-17,21,28H,18-20H2,1-5H3,(H,32,36). The maximum atomic E-state index is 14.1. The first-order valence-electron chi connectivity index (χ1n) is 12.8. The van der Waals surface area contributed by atoms with Gasteiger partial charge in [0.05, 0.1) is 11.9 Å². The summed E-state index contributed by atoms with van der Waals surface area (Å²) < 4.78 is 27.7. The van der Waals surface area contributed by atoms with Crippen LogP contribution in [0.15, 0.2) is 77.3 Å². The molecule has 3 rings (SSSR count). The number of hydrogen-bond acceptors (Lipinski definition) is 4. The van der Waals surface area contributed by atoms with Gasteiger partial charge in [-0.3, -0.25) is 13.9 Å². The second-order valence-corrected chi connectivity index (χ2v) is 12.8. The molecular weight excluding hydrogens is 578 g/mol. The fraction of sp³-hybridized carbons (Fsp3) is 0.333. The fourth-order valence-electron chi connectivity index (χ4n) is 4.34. The van der Waals surface area contributed by atoms with Crippen molar-refractivity contribution in [2.75, 3.05) is 17.1 Å². The van der Waals surface area contributed by atoms with E-state index in [-0.39, 0.29) is 24.9 Å². The van der Waals surface area contributed by atoms with E-state index in [0.29, 0.717) is 5.69 Å². The Labute approximate surface area is 240 Å². The zero-order valence-corrected chi connectivity index (χ0v) is 25.4. The number of carbonyl (C=O) groups excluding carboxylic acids is 2. The van der Waals surface area contributed by atoms with Gasteiger partial charge in [-0.1, -0.05) is 76.1 Å². The fourth-order valence-corrected chi connectivity index (χ4v) is 5.43. The first-order valence-corrected chi connectivity index (χ1v) is 15.4. The van der Waals surface area contributed by atoms with Gasteiger partial charge in [-0.05, 0) is 62.6 Å². The summed E-state index contributed by atoms with van der Waals surface area (Å²) in [6.07, 6.45) is 1.36. The molecule has 2 amide bonds. The molecule has 0 aliphatic heterocycles. The maximum Gasteiger partial charge on any atom is 0.244 e. The molecule has 7 nitrogen and oxygen atoms in total. The number of hydrogen-bond donors (Lipinski definition) is 1. The highest BCUT2D eigenvalue weighted by atomic mass is 79.9. The zero-order chi connectivity index (χ0) is 28.7. The number of aryl methyl sites for hydroxylation is 2. The topological polar surface area (TPSA) is 86.8 Å². The number of halogens is 1. The minimum atomic E-state index is -3.81. The molecule has 1 atom stereocenters. The van der Waals surface area contributed by atoms with Gasteiger partial charge in [-0.25, -0.2) is 8.42 Å². The van der Waals surface area contributed by atoms with Crippen LogP contribution in [0.25, 0.3) is 0 Å². The highest BCUT2D eigenvalue weighted by Gasteiger charge is 2.33. The third-order valence-electron chi connectivity index (χ3n) is 6.25. The van der Waals surface area contributed by atoms with E-state index in [1.165, 1.54) is 4.90 Å². The summed E-state index contributed by atoms with van der Waals surface area (Å²) >= 11 is 3.44. The first kappa shape index (κ1) is 30.4. The minimum absolute atomic E-state index is 0.134. The van der Waals surface area contributed by atoms with Gasteiger partial charge in [0.2, 0.25) is 21.8 Å². The summed E-state index contributed by atoms with van der Waals surface area (Å²) in [6, 6.07) is 21.4. The minimum Gasteiger partial charge on any atom is -0.352 e. The van der Waals surface area contributed by atoms with Crippen molar-refractivity contribution in [2.24, 2.45) is 0 Å². The molecule has 0 aliphatic rings. The van der Waals surface area contributed by atoms with E-state index < -0.39 is 28.5 Å². The van der Waals surface area contributed by atoms with Crippen LogP contribution in [0.2, 0.25) is 0 Å². The Hall–Kier alpha value is -3.17. The number of nitrogens with one attached hydrogen (secondary N) is 1. The van der Waals surface area contributed by atoms with Crippen LogP contribution in [0.4, 0.5) is 5.69 Å². The van der Waals surface area contributed by atoms with Crippen LogP contribution in [-0.4, -0.2) is 50.0 Å². The lowest BCUT2D eigenvalue weighted by Gasteiger charge is -2.34. The molecule has 39 heavy (non-hydrogen) atoms. The Morgan fingerprint density at radius 2 is 1.59 bits per heavy atom. The Morgan fingerprint density at radius 1 is 0.923 bits per heavy atom. The average Bonchev–Trinajstić information content (AvgIpc) is 2.86. The van der Waals surface area contributed by atoms with Gasteiger partial charge < -0.3 is 10.2 Å². The van der Waals surface area contributed by atoms with E-state index in [1.807, 2.05) is 82.3 Å². The van der Waals surface area contributed by atoms with Crippen molar-refractivity contribution in [1.82, 2.24) is 10.2 Å². The molecule has 9 heteroatoms. The van der Waals surface area contributed by atoms with E-state index in [4.69, 9.17) is 0 Å². The largest absolute Gasteiger partial charge is 0.352 e. The molecule has 208 valence electrons. The molecule has 0 aliphatic carbocycles. The molecule has 3 aromatic carbocycles. The number of amides is 2. The van der Waals surface area contributed by atoms with Gasteiger partial charge >= 0.3 is 0 Å². The van der Waals surface area contributed by atoms with Crippen LogP contribution >= 0.6 is 15.9 Å². The summed E-state index contributed by atoms with van der Waals surface area (Å²) in [5, 5.41) is 2.95. The third kappa shape index (κ3) is 8.66. The van der Waals surface area contributed by atoms with E-state index in [1.54, 1.807) is 18.2 Å². The van der Waals surface area contributed by atoms with Crippen molar-refractivity contribution in [2.45, 2.75) is 52.7 Å². The quantitative estimate of drug-likeness (QED) is 0.330. The predicted octanol–water partition coefficient (Wildman–Crippen LogP) is 5.00. The number of carbonyl (C=O) groups is 2. The van der Waals surface area contributed by atoms with Gasteiger partial charge in [-0.15, -0.1) is 0 Å². The summed E-state index contributed by atoms with van der Waals surface area (Å²) in [5.74, 6) is -0.761. The summed E-state index contributed by atoms with van der Waals surface area (Å²) in [4.78, 5) is 29.1. The maximum absolute atomic E-state index is 14.1.